The van der Waals surface area contributed by atoms with Gasteiger partial charge in [-0.05, 0) is 12.1 Å². The SMILES string of the molecule is COc1cccc(-c2csc(N3CC(C(=O)O)CC3=O)n2)c1. The number of nitrogens with zero attached hydrogens (tertiary/aromatic N) is 2. The molecule has 0 radical (unpaired) electrons. The van der Waals surface area contributed by atoms with Crippen LogP contribution in [0.25, 0.3) is 11.3 Å². The van der Waals surface area contributed by atoms with Crippen molar-refractivity contribution < 1.29 is 19.4 Å². The number of carbonyl (C=O) groups is 2. The Balaban J connectivity index is 1.85. The summed E-state index contributed by atoms with van der Waals surface area (Å²) in [6, 6.07) is 7.49. The van der Waals surface area contributed by atoms with E-state index in [-0.39, 0.29) is 18.9 Å². The van der Waals surface area contributed by atoms with Gasteiger partial charge in [-0.3, -0.25) is 14.5 Å². The third-order valence-electron chi connectivity index (χ3n) is 3.56. The number of ether oxygens (including phenoxy) is 1. The summed E-state index contributed by atoms with van der Waals surface area (Å²) in [5, 5.41) is 11.4. The van der Waals surface area contributed by atoms with E-state index >= 15 is 0 Å². The van der Waals surface area contributed by atoms with Gasteiger partial charge in [0.1, 0.15) is 5.75 Å². The lowest BCUT2D eigenvalue weighted by molar-refractivity contribution is -0.141. The molecule has 0 saturated carbocycles. The van der Waals surface area contributed by atoms with Gasteiger partial charge in [0.15, 0.2) is 5.13 Å². The molecule has 3 rings (SSSR count). The first kappa shape index (κ1) is 14.5. The first-order valence-corrected chi connectivity index (χ1v) is 7.59. The van der Waals surface area contributed by atoms with Gasteiger partial charge in [0.25, 0.3) is 0 Å². The van der Waals surface area contributed by atoms with Crippen LogP contribution in [0, 0.1) is 5.92 Å². The zero-order chi connectivity index (χ0) is 15.7. The number of benzene rings is 1. The minimum atomic E-state index is -0.944. The Hall–Kier alpha value is -2.41. The van der Waals surface area contributed by atoms with E-state index in [4.69, 9.17) is 9.84 Å². The molecular formula is C15H14N2O4S. The molecule has 0 spiro atoms. The fraction of sp³-hybridized carbons (Fsp3) is 0.267. The summed E-state index contributed by atoms with van der Waals surface area (Å²) in [6.45, 7) is 0.180. The normalized spacial score (nSPS) is 17.8. The van der Waals surface area contributed by atoms with E-state index < -0.39 is 11.9 Å². The highest BCUT2D eigenvalue weighted by Crippen LogP contribution is 2.32. The van der Waals surface area contributed by atoms with Crippen LogP contribution in [0.5, 0.6) is 5.75 Å². The predicted octanol–water partition coefficient (Wildman–Crippen LogP) is 2.26. The summed E-state index contributed by atoms with van der Waals surface area (Å²) >= 11 is 1.33. The molecule has 1 aliphatic rings. The molecule has 1 fully saturated rings. The minimum Gasteiger partial charge on any atom is -0.497 e. The first-order chi connectivity index (χ1) is 10.6. The van der Waals surface area contributed by atoms with Crippen LogP contribution in [-0.4, -0.2) is 35.6 Å². The largest absolute Gasteiger partial charge is 0.497 e. The Bertz CT molecular complexity index is 728. The number of amides is 1. The number of carboxylic acids is 1. The van der Waals surface area contributed by atoms with Crippen LogP contribution >= 0.6 is 11.3 Å². The van der Waals surface area contributed by atoms with Crippen LogP contribution in [0.1, 0.15) is 6.42 Å². The molecule has 1 amide bonds. The Labute approximate surface area is 131 Å². The van der Waals surface area contributed by atoms with Gasteiger partial charge in [-0.2, -0.15) is 0 Å². The fourth-order valence-corrected chi connectivity index (χ4v) is 3.22. The third kappa shape index (κ3) is 2.67. The lowest BCUT2D eigenvalue weighted by Crippen LogP contribution is -2.25. The second-order valence-electron chi connectivity index (χ2n) is 4.99. The molecule has 1 N–H and O–H groups in total. The molecule has 2 aromatic rings. The van der Waals surface area contributed by atoms with Crippen molar-refractivity contribution in [3.63, 3.8) is 0 Å². The average molecular weight is 318 g/mol. The molecule has 1 aromatic carbocycles. The van der Waals surface area contributed by atoms with Crippen LogP contribution in [0.2, 0.25) is 0 Å². The second kappa shape index (κ2) is 5.76. The summed E-state index contributed by atoms with van der Waals surface area (Å²) in [6.07, 6.45) is 0.0312. The van der Waals surface area contributed by atoms with Crippen molar-refractivity contribution in [1.82, 2.24) is 4.98 Å². The second-order valence-corrected chi connectivity index (χ2v) is 5.83. The minimum absolute atomic E-state index is 0.0312. The van der Waals surface area contributed by atoms with E-state index in [2.05, 4.69) is 4.98 Å². The number of hydrogen-bond acceptors (Lipinski definition) is 5. The van der Waals surface area contributed by atoms with E-state index in [9.17, 15) is 9.59 Å². The number of aromatic nitrogens is 1. The lowest BCUT2D eigenvalue weighted by Gasteiger charge is -2.11. The summed E-state index contributed by atoms with van der Waals surface area (Å²) in [5.74, 6) is -1.06. The van der Waals surface area contributed by atoms with Gasteiger partial charge in [0.05, 0.1) is 18.7 Å². The Morgan fingerprint density at radius 3 is 3.00 bits per heavy atom. The number of carbonyl (C=O) groups excluding carboxylic acids is 1. The van der Waals surface area contributed by atoms with E-state index in [1.165, 1.54) is 16.2 Å². The maximum absolute atomic E-state index is 11.9. The summed E-state index contributed by atoms with van der Waals surface area (Å²) in [7, 11) is 1.60. The maximum atomic E-state index is 11.9. The number of anilines is 1. The topological polar surface area (TPSA) is 79.7 Å². The maximum Gasteiger partial charge on any atom is 0.308 e. The third-order valence-corrected chi connectivity index (χ3v) is 4.43. The predicted molar refractivity (Wildman–Crippen MR) is 82.2 cm³/mol. The number of aliphatic carboxylic acids is 1. The van der Waals surface area contributed by atoms with Gasteiger partial charge < -0.3 is 9.84 Å². The van der Waals surface area contributed by atoms with Crippen molar-refractivity contribution in [3.05, 3.63) is 29.6 Å². The molecule has 114 valence electrons. The van der Waals surface area contributed by atoms with Crippen LogP contribution in [0.15, 0.2) is 29.6 Å². The van der Waals surface area contributed by atoms with Crippen LogP contribution in [-0.2, 0) is 9.59 Å². The smallest absolute Gasteiger partial charge is 0.308 e. The molecule has 0 aliphatic carbocycles. The van der Waals surface area contributed by atoms with Crippen molar-refractivity contribution in [2.45, 2.75) is 6.42 Å². The standard InChI is InChI=1S/C15H14N2O4S/c1-21-11-4-2-3-9(5-11)12-8-22-15(16-12)17-7-10(14(19)20)6-13(17)18/h2-5,8,10H,6-7H2,1H3,(H,19,20). The Morgan fingerprint density at radius 1 is 1.50 bits per heavy atom. The molecule has 7 heteroatoms. The molecule has 22 heavy (non-hydrogen) atoms. The zero-order valence-corrected chi connectivity index (χ0v) is 12.7. The molecule has 1 aromatic heterocycles. The molecule has 6 nitrogen and oxygen atoms in total. The number of thiazole rings is 1. The van der Waals surface area contributed by atoms with Crippen LogP contribution in [0.3, 0.4) is 0 Å². The number of carboxylic acid groups (broad SMARTS) is 1. The highest BCUT2D eigenvalue weighted by atomic mass is 32.1. The van der Waals surface area contributed by atoms with Crippen molar-refractivity contribution in [2.24, 2.45) is 5.92 Å². The van der Waals surface area contributed by atoms with E-state index in [0.717, 1.165) is 17.0 Å². The van der Waals surface area contributed by atoms with Crippen molar-refractivity contribution in [3.8, 4) is 17.0 Å². The van der Waals surface area contributed by atoms with Crippen molar-refractivity contribution >= 4 is 28.3 Å². The summed E-state index contributed by atoms with van der Waals surface area (Å²) < 4.78 is 5.19. The average Bonchev–Trinajstić information content (AvgIpc) is 3.13. The van der Waals surface area contributed by atoms with Gasteiger partial charge in [0.2, 0.25) is 5.91 Å². The molecule has 1 saturated heterocycles. The zero-order valence-electron chi connectivity index (χ0n) is 11.9. The molecule has 1 unspecified atom stereocenters. The lowest BCUT2D eigenvalue weighted by atomic mass is 10.1. The van der Waals surface area contributed by atoms with Gasteiger partial charge in [0, 0.05) is 23.9 Å². The quantitative estimate of drug-likeness (QED) is 0.935. The Kier molecular flexibility index (Phi) is 3.81. The fourth-order valence-electron chi connectivity index (χ4n) is 2.36. The molecule has 1 atom stereocenters. The van der Waals surface area contributed by atoms with Gasteiger partial charge >= 0.3 is 5.97 Å². The highest BCUT2D eigenvalue weighted by Gasteiger charge is 2.36. The van der Waals surface area contributed by atoms with Gasteiger partial charge in [-0.1, -0.05) is 12.1 Å². The van der Waals surface area contributed by atoms with Gasteiger partial charge in [-0.15, -0.1) is 11.3 Å². The molecular weight excluding hydrogens is 304 g/mol. The molecule has 2 heterocycles. The number of methoxy groups -OCH3 is 1. The van der Waals surface area contributed by atoms with E-state index in [0.29, 0.717) is 5.13 Å². The first-order valence-electron chi connectivity index (χ1n) is 6.71. The monoisotopic (exact) mass is 318 g/mol. The summed E-state index contributed by atoms with van der Waals surface area (Å²) in [4.78, 5) is 28.9. The van der Waals surface area contributed by atoms with Crippen LogP contribution < -0.4 is 9.64 Å². The van der Waals surface area contributed by atoms with Crippen LogP contribution in [0.4, 0.5) is 5.13 Å². The van der Waals surface area contributed by atoms with Crippen molar-refractivity contribution in [2.75, 3.05) is 18.6 Å². The summed E-state index contributed by atoms with van der Waals surface area (Å²) in [5.41, 5.74) is 1.63. The van der Waals surface area contributed by atoms with Gasteiger partial charge in [-0.25, -0.2) is 4.98 Å². The number of hydrogen-bond donors (Lipinski definition) is 1. The highest BCUT2D eigenvalue weighted by molar-refractivity contribution is 7.14. The Morgan fingerprint density at radius 2 is 2.32 bits per heavy atom. The van der Waals surface area contributed by atoms with E-state index in [1.54, 1.807) is 7.11 Å². The number of rotatable bonds is 4. The van der Waals surface area contributed by atoms with Crippen molar-refractivity contribution in [1.29, 1.82) is 0 Å². The molecule has 1 aliphatic heterocycles. The molecule has 0 bridgehead atoms. The van der Waals surface area contributed by atoms with E-state index in [1.807, 2.05) is 29.6 Å².